The second-order valence-electron chi connectivity index (χ2n) is 6.76. The topological polar surface area (TPSA) is 60.9 Å². The van der Waals surface area contributed by atoms with Gasteiger partial charge in [0.05, 0.1) is 26.3 Å². The van der Waals surface area contributed by atoms with Crippen LogP contribution in [0.2, 0.25) is 5.02 Å². The molecule has 1 aliphatic rings. The molecule has 0 unspecified atom stereocenters. The summed E-state index contributed by atoms with van der Waals surface area (Å²) in [5.41, 5.74) is 0.925. The van der Waals surface area contributed by atoms with Crippen LogP contribution in [-0.4, -0.2) is 48.8 Å². The zero-order valence-electron chi connectivity index (χ0n) is 16.3. The molecule has 0 saturated heterocycles. The van der Waals surface area contributed by atoms with Crippen molar-refractivity contribution in [2.75, 3.05) is 20.8 Å². The molecule has 1 fully saturated rings. The smallest absolute Gasteiger partial charge is 0.422 e. The first-order valence-electron chi connectivity index (χ1n) is 9.09. The molecule has 1 aliphatic carbocycles. The minimum atomic E-state index is -4.52. The zero-order chi connectivity index (χ0) is 21.9. The third-order valence-electron chi connectivity index (χ3n) is 4.50. The Kier molecular flexibility index (Phi) is 6.60. The SMILES string of the molecule is COc1ccc(OC)c(CN(C(=O)c2cnc(OCC(F)(F)F)c(Cl)c2)C2CC2)c1. The highest BCUT2D eigenvalue weighted by Gasteiger charge is 2.34. The van der Waals surface area contributed by atoms with E-state index in [0.29, 0.717) is 11.5 Å². The fraction of sp³-hybridized carbons (Fsp3) is 0.400. The maximum absolute atomic E-state index is 13.1. The first kappa shape index (κ1) is 22.0. The zero-order valence-corrected chi connectivity index (χ0v) is 17.1. The minimum absolute atomic E-state index is 0.0494. The molecular formula is C20H20ClF3N2O4. The largest absolute Gasteiger partial charge is 0.497 e. The van der Waals surface area contributed by atoms with Crippen molar-refractivity contribution in [2.24, 2.45) is 0 Å². The molecule has 162 valence electrons. The third kappa shape index (κ3) is 5.47. The number of alkyl halides is 3. The molecule has 1 saturated carbocycles. The van der Waals surface area contributed by atoms with Gasteiger partial charge in [-0.15, -0.1) is 0 Å². The number of ether oxygens (including phenoxy) is 3. The Morgan fingerprint density at radius 1 is 1.23 bits per heavy atom. The van der Waals surface area contributed by atoms with Crippen molar-refractivity contribution in [3.05, 3.63) is 46.6 Å². The molecule has 1 heterocycles. The molecule has 1 amide bonds. The fourth-order valence-corrected chi connectivity index (χ4v) is 3.13. The van der Waals surface area contributed by atoms with Gasteiger partial charge in [-0.3, -0.25) is 4.79 Å². The number of hydrogen-bond donors (Lipinski definition) is 0. The molecule has 0 N–H and O–H groups in total. The van der Waals surface area contributed by atoms with Gasteiger partial charge in [0.1, 0.15) is 16.5 Å². The summed E-state index contributed by atoms with van der Waals surface area (Å²) in [6.45, 7) is -1.25. The van der Waals surface area contributed by atoms with Crippen LogP contribution in [0.25, 0.3) is 0 Å². The number of amides is 1. The standard InChI is InChI=1S/C20H20ClF3N2O4/c1-28-15-5-6-17(29-2)13(7-15)10-26(14-3-4-14)19(27)12-8-16(21)18(25-9-12)30-11-20(22,23)24/h5-9,14H,3-4,10-11H2,1-2H3. The summed E-state index contributed by atoms with van der Waals surface area (Å²) in [5, 5.41) is -0.167. The Morgan fingerprint density at radius 3 is 2.53 bits per heavy atom. The third-order valence-corrected chi connectivity index (χ3v) is 4.77. The average molecular weight is 445 g/mol. The van der Waals surface area contributed by atoms with E-state index in [9.17, 15) is 18.0 Å². The van der Waals surface area contributed by atoms with Crippen LogP contribution < -0.4 is 14.2 Å². The normalized spacial score (nSPS) is 13.7. The predicted octanol–water partition coefficient (Wildman–Crippen LogP) is 4.50. The van der Waals surface area contributed by atoms with E-state index in [-0.39, 0.29) is 35.0 Å². The first-order valence-corrected chi connectivity index (χ1v) is 9.46. The van der Waals surface area contributed by atoms with Crippen LogP contribution >= 0.6 is 11.6 Å². The molecule has 0 aliphatic heterocycles. The number of hydrogen-bond acceptors (Lipinski definition) is 5. The Labute approximate surface area is 176 Å². The molecule has 2 aromatic rings. The Balaban J connectivity index is 1.81. The summed E-state index contributed by atoms with van der Waals surface area (Å²) >= 11 is 5.99. The molecule has 0 radical (unpaired) electrons. The van der Waals surface area contributed by atoms with Crippen LogP contribution in [0.1, 0.15) is 28.8 Å². The Hall–Kier alpha value is -2.68. The Morgan fingerprint density at radius 2 is 1.97 bits per heavy atom. The molecule has 1 aromatic carbocycles. The van der Waals surface area contributed by atoms with Crippen molar-refractivity contribution in [1.82, 2.24) is 9.88 Å². The highest BCUT2D eigenvalue weighted by Crippen LogP contribution is 2.34. The fourth-order valence-electron chi connectivity index (χ4n) is 2.91. The first-order chi connectivity index (χ1) is 14.2. The number of benzene rings is 1. The van der Waals surface area contributed by atoms with E-state index in [2.05, 4.69) is 9.72 Å². The van der Waals surface area contributed by atoms with E-state index in [1.165, 1.54) is 13.2 Å². The van der Waals surface area contributed by atoms with Gasteiger partial charge in [-0.1, -0.05) is 11.6 Å². The maximum atomic E-state index is 13.1. The summed E-state index contributed by atoms with van der Waals surface area (Å²) < 4.78 is 52.2. The van der Waals surface area contributed by atoms with Crippen LogP contribution in [-0.2, 0) is 6.54 Å². The van der Waals surface area contributed by atoms with Crippen molar-refractivity contribution in [3.63, 3.8) is 0 Å². The molecule has 1 aromatic heterocycles. The average Bonchev–Trinajstić information content (AvgIpc) is 3.54. The van der Waals surface area contributed by atoms with Gasteiger partial charge in [0.2, 0.25) is 5.88 Å². The second kappa shape index (κ2) is 8.99. The predicted molar refractivity (Wildman–Crippen MR) is 103 cm³/mol. The molecule has 10 heteroatoms. The van der Waals surface area contributed by atoms with Crippen LogP contribution in [0.5, 0.6) is 17.4 Å². The monoisotopic (exact) mass is 444 g/mol. The molecule has 30 heavy (non-hydrogen) atoms. The number of carbonyl (C=O) groups is 1. The van der Waals surface area contributed by atoms with Crippen molar-refractivity contribution in [1.29, 1.82) is 0 Å². The van der Waals surface area contributed by atoms with Gasteiger partial charge in [0.25, 0.3) is 5.91 Å². The van der Waals surface area contributed by atoms with Gasteiger partial charge in [0.15, 0.2) is 6.61 Å². The van der Waals surface area contributed by atoms with Crippen LogP contribution in [0, 0.1) is 0 Å². The number of aromatic nitrogens is 1. The van der Waals surface area contributed by atoms with Gasteiger partial charge < -0.3 is 19.1 Å². The summed E-state index contributed by atoms with van der Waals surface area (Å²) in [6.07, 6.45) is -1.64. The van der Waals surface area contributed by atoms with Crippen molar-refractivity contribution < 1.29 is 32.2 Å². The van der Waals surface area contributed by atoms with Crippen molar-refractivity contribution >= 4 is 17.5 Å². The number of methoxy groups -OCH3 is 2. The van der Waals surface area contributed by atoms with Crippen LogP contribution in [0.3, 0.4) is 0 Å². The van der Waals surface area contributed by atoms with Gasteiger partial charge in [-0.2, -0.15) is 13.2 Å². The molecule has 0 spiro atoms. The van der Waals surface area contributed by atoms with E-state index in [0.717, 1.165) is 24.6 Å². The van der Waals surface area contributed by atoms with E-state index >= 15 is 0 Å². The number of halogens is 4. The lowest BCUT2D eigenvalue weighted by molar-refractivity contribution is -0.154. The summed E-state index contributed by atoms with van der Waals surface area (Å²) in [5.74, 6) is 0.531. The summed E-state index contributed by atoms with van der Waals surface area (Å²) in [7, 11) is 3.09. The van der Waals surface area contributed by atoms with Crippen LogP contribution in [0.4, 0.5) is 13.2 Å². The van der Waals surface area contributed by atoms with E-state index in [1.54, 1.807) is 30.2 Å². The molecule has 0 atom stereocenters. The number of carbonyl (C=O) groups excluding carboxylic acids is 1. The lowest BCUT2D eigenvalue weighted by atomic mass is 10.1. The number of nitrogens with zero attached hydrogens (tertiary/aromatic N) is 2. The Bertz CT molecular complexity index is 919. The maximum Gasteiger partial charge on any atom is 0.422 e. The van der Waals surface area contributed by atoms with Gasteiger partial charge in [0, 0.05) is 17.8 Å². The molecule has 3 rings (SSSR count). The lowest BCUT2D eigenvalue weighted by Gasteiger charge is -2.24. The van der Waals surface area contributed by atoms with E-state index in [4.69, 9.17) is 21.1 Å². The molecule has 6 nitrogen and oxygen atoms in total. The van der Waals surface area contributed by atoms with Crippen LogP contribution in [0.15, 0.2) is 30.5 Å². The lowest BCUT2D eigenvalue weighted by Crippen LogP contribution is -2.33. The number of rotatable bonds is 8. The summed E-state index contributed by atoms with van der Waals surface area (Å²) in [6, 6.07) is 6.62. The van der Waals surface area contributed by atoms with Crippen molar-refractivity contribution in [3.8, 4) is 17.4 Å². The number of pyridine rings is 1. The minimum Gasteiger partial charge on any atom is -0.497 e. The van der Waals surface area contributed by atoms with Gasteiger partial charge in [-0.05, 0) is 37.1 Å². The molecule has 0 bridgehead atoms. The van der Waals surface area contributed by atoms with Crippen molar-refractivity contribution in [2.45, 2.75) is 31.6 Å². The van der Waals surface area contributed by atoms with E-state index in [1.807, 2.05) is 0 Å². The van der Waals surface area contributed by atoms with Gasteiger partial charge >= 0.3 is 6.18 Å². The second-order valence-corrected chi connectivity index (χ2v) is 7.16. The molecular weight excluding hydrogens is 425 g/mol. The summed E-state index contributed by atoms with van der Waals surface area (Å²) in [4.78, 5) is 18.6. The highest BCUT2D eigenvalue weighted by molar-refractivity contribution is 6.32. The quantitative estimate of drug-likeness (QED) is 0.600. The highest BCUT2D eigenvalue weighted by atomic mass is 35.5. The van der Waals surface area contributed by atoms with E-state index < -0.39 is 12.8 Å². The van der Waals surface area contributed by atoms with Gasteiger partial charge in [-0.25, -0.2) is 4.98 Å².